The fraction of sp³-hybridized carbons (Fsp3) is 0.500. The number of aromatic nitrogens is 2. The quantitative estimate of drug-likeness (QED) is 0.909. The number of hydrogen-bond donors (Lipinski definition) is 2. The van der Waals surface area contributed by atoms with Crippen LogP contribution in [0.1, 0.15) is 25.7 Å². The molecular formula is C16H20FN3O2. The van der Waals surface area contributed by atoms with Crippen molar-refractivity contribution in [3.8, 4) is 5.75 Å². The fourth-order valence-electron chi connectivity index (χ4n) is 3.01. The molecule has 0 amide bonds. The van der Waals surface area contributed by atoms with E-state index in [9.17, 15) is 9.50 Å². The van der Waals surface area contributed by atoms with Gasteiger partial charge in [0, 0.05) is 23.9 Å². The van der Waals surface area contributed by atoms with Crippen molar-refractivity contribution in [3.05, 3.63) is 24.3 Å². The van der Waals surface area contributed by atoms with Gasteiger partial charge in [0.1, 0.15) is 12.1 Å². The van der Waals surface area contributed by atoms with Crippen LogP contribution in [0.25, 0.3) is 10.9 Å². The minimum Gasteiger partial charge on any atom is -0.494 e. The van der Waals surface area contributed by atoms with Crippen molar-refractivity contribution >= 4 is 16.7 Å². The summed E-state index contributed by atoms with van der Waals surface area (Å²) >= 11 is 0. The van der Waals surface area contributed by atoms with E-state index in [-0.39, 0.29) is 17.8 Å². The van der Waals surface area contributed by atoms with E-state index >= 15 is 0 Å². The van der Waals surface area contributed by atoms with Gasteiger partial charge in [0.05, 0.1) is 18.7 Å². The maximum atomic E-state index is 13.7. The molecule has 1 aliphatic rings. The Morgan fingerprint density at radius 2 is 2.14 bits per heavy atom. The molecule has 2 unspecified atom stereocenters. The highest BCUT2D eigenvalue weighted by atomic mass is 19.1. The molecule has 1 fully saturated rings. The van der Waals surface area contributed by atoms with Gasteiger partial charge >= 0.3 is 0 Å². The second-order valence-electron chi connectivity index (χ2n) is 5.72. The maximum absolute atomic E-state index is 13.7. The first-order valence-electron chi connectivity index (χ1n) is 7.59. The lowest BCUT2D eigenvalue weighted by molar-refractivity contribution is 0.0763. The minimum atomic E-state index is -0.442. The topological polar surface area (TPSA) is 67.3 Å². The third-order valence-corrected chi connectivity index (χ3v) is 4.31. The molecule has 0 radical (unpaired) electrons. The lowest BCUT2D eigenvalue weighted by atomic mass is 9.86. The number of anilines is 1. The largest absolute Gasteiger partial charge is 0.494 e. The number of ether oxygens (including phenoxy) is 1. The smallest absolute Gasteiger partial charge is 0.167 e. The van der Waals surface area contributed by atoms with Gasteiger partial charge in [-0.2, -0.15) is 0 Å². The van der Waals surface area contributed by atoms with Crippen LogP contribution in [0, 0.1) is 11.7 Å². The van der Waals surface area contributed by atoms with Gasteiger partial charge in [-0.1, -0.05) is 12.8 Å². The molecule has 0 spiro atoms. The van der Waals surface area contributed by atoms with Gasteiger partial charge in [0.15, 0.2) is 11.6 Å². The van der Waals surface area contributed by atoms with Crippen molar-refractivity contribution < 1.29 is 14.2 Å². The van der Waals surface area contributed by atoms with Crippen LogP contribution >= 0.6 is 0 Å². The molecule has 22 heavy (non-hydrogen) atoms. The normalized spacial score (nSPS) is 21.8. The monoisotopic (exact) mass is 305 g/mol. The molecule has 3 rings (SSSR count). The minimum absolute atomic E-state index is 0.169. The van der Waals surface area contributed by atoms with E-state index in [4.69, 9.17) is 4.74 Å². The molecule has 118 valence electrons. The van der Waals surface area contributed by atoms with Crippen molar-refractivity contribution in [2.75, 3.05) is 19.0 Å². The van der Waals surface area contributed by atoms with Crippen molar-refractivity contribution in [2.24, 2.45) is 5.92 Å². The predicted molar refractivity (Wildman–Crippen MR) is 82.5 cm³/mol. The van der Waals surface area contributed by atoms with E-state index in [1.54, 1.807) is 6.07 Å². The Bertz CT molecular complexity index is 665. The SMILES string of the molecule is COc1cc2c(NCC3CCCCC3O)ncnc2cc1F. The van der Waals surface area contributed by atoms with Crippen LogP contribution in [0.4, 0.5) is 10.2 Å². The summed E-state index contributed by atoms with van der Waals surface area (Å²) in [5, 5.41) is 14.0. The third kappa shape index (κ3) is 2.97. The Balaban J connectivity index is 1.83. The van der Waals surface area contributed by atoms with Gasteiger partial charge in [-0.3, -0.25) is 0 Å². The molecule has 0 bridgehead atoms. The second kappa shape index (κ2) is 6.44. The molecule has 1 aromatic heterocycles. The summed E-state index contributed by atoms with van der Waals surface area (Å²) < 4.78 is 18.8. The molecule has 1 aliphatic carbocycles. The lowest BCUT2D eigenvalue weighted by Gasteiger charge is -2.27. The molecule has 1 aromatic carbocycles. The van der Waals surface area contributed by atoms with Crippen molar-refractivity contribution in [3.63, 3.8) is 0 Å². The Morgan fingerprint density at radius 3 is 2.91 bits per heavy atom. The highest BCUT2D eigenvalue weighted by molar-refractivity contribution is 5.90. The number of aliphatic hydroxyl groups is 1. The summed E-state index contributed by atoms with van der Waals surface area (Å²) in [7, 11) is 1.43. The van der Waals surface area contributed by atoms with Crippen molar-refractivity contribution in [1.82, 2.24) is 9.97 Å². The summed E-state index contributed by atoms with van der Waals surface area (Å²) in [4.78, 5) is 8.33. The number of aliphatic hydroxyl groups excluding tert-OH is 1. The Kier molecular flexibility index (Phi) is 4.38. The number of methoxy groups -OCH3 is 1. The van der Waals surface area contributed by atoms with E-state index in [0.717, 1.165) is 25.7 Å². The molecule has 1 heterocycles. The number of hydrogen-bond acceptors (Lipinski definition) is 5. The van der Waals surface area contributed by atoms with E-state index in [1.165, 1.54) is 19.5 Å². The van der Waals surface area contributed by atoms with Crippen LogP contribution in [0.15, 0.2) is 18.5 Å². The zero-order chi connectivity index (χ0) is 15.5. The lowest BCUT2D eigenvalue weighted by Crippen LogP contribution is -2.30. The molecule has 1 saturated carbocycles. The first-order chi connectivity index (χ1) is 10.7. The van der Waals surface area contributed by atoms with Crippen LogP contribution in [0.5, 0.6) is 5.75 Å². The molecule has 2 atom stereocenters. The Hall–Kier alpha value is -1.95. The number of nitrogens with zero attached hydrogens (tertiary/aromatic N) is 2. The molecule has 5 nitrogen and oxygen atoms in total. The first-order valence-corrected chi connectivity index (χ1v) is 7.59. The summed E-state index contributed by atoms with van der Waals surface area (Å²) in [5.74, 6) is 0.590. The molecule has 2 aromatic rings. The average molecular weight is 305 g/mol. The van der Waals surface area contributed by atoms with Gasteiger partial charge in [-0.05, 0) is 18.9 Å². The predicted octanol–water partition coefficient (Wildman–Crippen LogP) is 2.74. The van der Waals surface area contributed by atoms with Gasteiger partial charge in [0.2, 0.25) is 0 Å². The zero-order valence-electron chi connectivity index (χ0n) is 12.6. The van der Waals surface area contributed by atoms with E-state index in [0.29, 0.717) is 23.3 Å². The Labute approximate surface area is 128 Å². The van der Waals surface area contributed by atoms with Gasteiger partial charge in [0.25, 0.3) is 0 Å². The van der Waals surface area contributed by atoms with Crippen LogP contribution in [0.2, 0.25) is 0 Å². The standard InChI is InChI=1S/C16H20FN3O2/c1-22-15-6-11-13(7-12(15)17)19-9-20-16(11)18-8-10-4-2-3-5-14(10)21/h6-7,9-10,14,21H,2-5,8H2,1H3,(H,18,19,20). The number of nitrogens with one attached hydrogen (secondary N) is 1. The van der Waals surface area contributed by atoms with Gasteiger partial charge < -0.3 is 15.2 Å². The third-order valence-electron chi connectivity index (χ3n) is 4.31. The van der Waals surface area contributed by atoms with Gasteiger partial charge in [-0.25, -0.2) is 14.4 Å². The number of fused-ring (bicyclic) bond motifs is 1. The highest BCUT2D eigenvalue weighted by Crippen LogP contribution is 2.29. The highest BCUT2D eigenvalue weighted by Gasteiger charge is 2.23. The summed E-state index contributed by atoms with van der Waals surface area (Å²) in [5.41, 5.74) is 0.528. The number of benzene rings is 1. The molecule has 6 heteroatoms. The number of halogens is 1. The van der Waals surface area contributed by atoms with E-state index in [1.807, 2.05) is 0 Å². The molecule has 0 saturated heterocycles. The summed E-state index contributed by atoms with van der Waals surface area (Å²) in [6.45, 7) is 0.646. The van der Waals surface area contributed by atoms with Crippen LogP contribution in [-0.4, -0.2) is 34.8 Å². The Morgan fingerprint density at radius 1 is 1.32 bits per heavy atom. The van der Waals surface area contributed by atoms with E-state index < -0.39 is 5.82 Å². The van der Waals surface area contributed by atoms with Crippen molar-refractivity contribution in [1.29, 1.82) is 0 Å². The van der Waals surface area contributed by atoms with Crippen LogP contribution in [0.3, 0.4) is 0 Å². The van der Waals surface area contributed by atoms with Crippen molar-refractivity contribution in [2.45, 2.75) is 31.8 Å². The zero-order valence-corrected chi connectivity index (χ0v) is 12.6. The molecule has 2 N–H and O–H groups in total. The fourth-order valence-corrected chi connectivity index (χ4v) is 3.01. The average Bonchev–Trinajstić information content (AvgIpc) is 2.53. The molecule has 0 aliphatic heterocycles. The van der Waals surface area contributed by atoms with Gasteiger partial charge in [-0.15, -0.1) is 0 Å². The summed E-state index contributed by atoms with van der Waals surface area (Å²) in [6, 6.07) is 2.95. The van der Waals surface area contributed by atoms with Crippen LogP contribution in [-0.2, 0) is 0 Å². The summed E-state index contributed by atoms with van der Waals surface area (Å²) in [6.07, 6.45) is 5.25. The number of rotatable bonds is 4. The molecular weight excluding hydrogens is 285 g/mol. The maximum Gasteiger partial charge on any atom is 0.167 e. The van der Waals surface area contributed by atoms with Crippen LogP contribution < -0.4 is 10.1 Å². The van der Waals surface area contributed by atoms with E-state index in [2.05, 4.69) is 15.3 Å². The second-order valence-corrected chi connectivity index (χ2v) is 5.72. The first kappa shape index (κ1) is 15.0.